The van der Waals surface area contributed by atoms with Gasteiger partial charge in [-0.05, 0) is 26.0 Å². The van der Waals surface area contributed by atoms with E-state index < -0.39 is 11.4 Å². The van der Waals surface area contributed by atoms with E-state index in [1.165, 1.54) is 16.8 Å². The molecule has 0 spiro atoms. The Hall–Kier alpha value is -2.00. The summed E-state index contributed by atoms with van der Waals surface area (Å²) in [5.74, 6) is -0.566. The van der Waals surface area contributed by atoms with E-state index in [1.807, 2.05) is 19.9 Å². The van der Waals surface area contributed by atoms with Crippen LogP contribution in [0, 0.1) is 17.1 Å². The van der Waals surface area contributed by atoms with Gasteiger partial charge in [-0.1, -0.05) is 5.21 Å². The van der Waals surface area contributed by atoms with E-state index in [2.05, 4.69) is 10.3 Å². The molecule has 0 amide bonds. The summed E-state index contributed by atoms with van der Waals surface area (Å²) in [5, 5.41) is 16.9. The highest BCUT2D eigenvalue weighted by Crippen LogP contribution is 2.21. The molecule has 0 bridgehead atoms. The number of methoxy groups -OCH3 is 1. The van der Waals surface area contributed by atoms with Crippen LogP contribution in [0.15, 0.2) is 12.1 Å². The van der Waals surface area contributed by atoms with Crippen LogP contribution in [-0.4, -0.2) is 27.7 Å². The highest BCUT2D eigenvalue weighted by Gasteiger charge is 2.21. The number of fused-ring (bicyclic) bond motifs is 1. The van der Waals surface area contributed by atoms with Crippen LogP contribution in [0.4, 0.5) is 4.39 Å². The molecule has 18 heavy (non-hydrogen) atoms. The number of hydrogen-bond acceptors (Lipinski definition) is 4. The molecule has 0 aliphatic carbocycles. The average molecular weight is 248 g/mol. The van der Waals surface area contributed by atoms with Crippen molar-refractivity contribution in [3.63, 3.8) is 0 Å². The van der Waals surface area contributed by atoms with Gasteiger partial charge in [-0.2, -0.15) is 5.26 Å². The first kappa shape index (κ1) is 12.5. The van der Waals surface area contributed by atoms with Gasteiger partial charge < -0.3 is 4.74 Å². The lowest BCUT2D eigenvalue weighted by molar-refractivity contribution is 0.00599. The molecule has 0 unspecified atom stereocenters. The minimum atomic E-state index is -0.566. The predicted octanol–water partition coefficient (Wildman–Crippen LogP) is 1.87. The Morgan fingerprint density at radius 2 is 2.22 bits per heavy atom. The van der Waals surface area contributed by atoms with Crippen LogP contribution in [0.5, 0.6) is 0 Å². The molecule has 94 valence electrons. The Bertz CT molecular complexity index is 627. The van der Waals surface area contributed by atoms with Gasteiger partial charge in [0.15, 0.2) is 0 Å². The maximum Gasteiger partial charge on any atom is 0.143 e. The van der Waals surface area contributed by atoms with Gasteiger partial charge in [0, 0.05) is 7.11 Å². The third-order valence-corrected chi connectivity index (χ3v) is 2.82. The molecule has 1 aromatic heterocycles. The zero-order valence-electron chi connectivity index (χ0n) is 10.4. The van der Waals surface area contributed by atoms with Gasteiger partial charge in [0.05, 0.1) is 12.1 Å². The summed E-state index contributed by atoms with van der Waals surface area (Å²) in [6, 6.07) is 4.58. The SMILES string of the molecule is COC(C)(C)Cn1nnc2ccc(F)c(C#N)c21. The van der Waals surface area contributed by atoms with Crippen LogP contribution in [0.25, 0.3) is 11.0 Å². The molecule has 5 nitrogen and oxygen atoms in total. The molecule has 0 N–H and O–H groups in total. The largest absolute Gasteiger partial charge is 0.377 e. The maximum absolute atomic E-state index is 13.6. The average Bonchev–Trinajstić information content (AvgIpc) is 2.72. The van der Waals surface area contributed by atoms with Crippen molar-refractivity contribution >= 4 is 11.0 Å². The molecule has 0 atom stereocenters. The van der Waals surface area contributed by atoms with Crippen LogP contribution >= 0.6 is 0 Å². The predicted molar refractivity (Wildman–Crippen MR) is 63.3 cm³/mol. The lowest BCUT2D eigenvalue weighted by atomic mass is 10.1. The van der Waals surface area contributed by atoms with Gasteiger partial charge in [0.25, 0.3) is 0 Å². The number of benzene rings is 1. The molecule has 0 saturated carbocycles. The summed E-state index contributed by atoms with van der Waals surface area (Å²) in [4.78, 5) is 0. The monoisotopic (exact) mass is 248 g/mol. The summed E-state index contributed by atoms with van der Waals surface area (Å²) >= 11 is 0. The van der Waals surface area contributed by atoms with Gasteiger partial charge in [0.1, 0.15) is 28.5 Å². The van der Waals surface area contributed by atoms with Crippen LogP contribution in [0.1, 0.15) is 19.4 Å². The molecule has 2 rings (SSSR count). The molecule has 2 aromatic rings. The van der Waals surface area contributed by atoms with Crippen molar-refractivity contribution in [1.82, 2.24) is 15.0 Å². The first-order valence-corrected chi connectivity index (χ1v) is 5.45. The lowest BCUT2D eigenvalue weighted by Crippen LogP contribution is -2.29. The van der Waals surface area contributed by atoms with E-state index >= 15 is 0 Å². The number of halogens is 1. The van der Waals surface area contributed by atoms with Crippen molar-refractivity contribution in [3.8, 4) is 6.07 Å². The zero-order chi connectivity index (χ0) is 13.3. The molecule has 0 fully saturated rings. The summed E-state index contributed by atoms with van der Waals surface area (Å²) in [5.41, 5.74) is 0.395. The third-order valence-electron chi connectivity index (χ3n) is 2.82. The number of nitrogens with zero attached hydrogens (tertiary/aromatic N) is 4. The topological polar surface area (TPSA) is 63.7 Å². The fraction of sp³-hybridized carbons (Fsp3) is 0.417. The molecule has 1 heterocycles. The standard InChI is InChI=1S/C12H13FN4O/c1-12(2,18-3)7-17-11-8(6-14)9(13)4-5-10(11)15-16-17/h4-5H,7H2,1-3H3. The lowest BCUT2D eigenvalue weighted by Gasteiger charge is -2.22. The van der Waals surface area contributed by atoms with Crippen molar-refractivity contribution in [2.75, 3.05) is 7.11 Å². The van der Waals surface area contributed by atoms with Crippen LogP contribution in [-0.2, 0) is 11.3 Å². The van der Waals surface area contributed by atoms with E-state index in [1.54, 1.807) is 7.11 Å². The summed E-state index contributed by atoms with van der Waals surface area (Å²) < 4.78 is 20.4. The normalized spacial score (nSPS) is 11.7. The summed E-state index contributed by atoms with van der Waals surface area (Å²) in [6.07, 6.45) is 0. The highest BCUT2D eigenvalue weighted by atomic mass is 19.1. The van der Waals surface area contributed by atoms with Crippen molar-refractivity contribution in [3.05, 3.63) is 23.5 Å². The Morgan fingerprint density at radius 3 is 2.83 bits per heavy atom. The zero-order valence-corrected chi connectivity index (χ0v) is 10.4. The number of ether oxygens (including phenoxy) is 1. The third kappa shape index (κ3) is 2.05. The second-order valence-corrected chi connectivity index (χ2v) is 4.61. The maximum atomic E-state index is 13.6. The Labute approximate surface area is 104 Å². The van der Waals surface area contributed by atoms with Crippen LogP contribution < -0.4 is 0 Å². The number of aromatic nitrogens is 3. The molecular formula is C12H13FN4O. The van der Waals surface area contributed by atoms with E-state index in [4.69, 9.17) is 10.00 Å². The molecule has 1 aromatic carbocycles. The first-order chi connectivity index (χ1) is 8.48. The van der Waals surface area contributed by atoms with Gasteiger partial charge in [-0.25, -0.2) is 9.07 Å². The quantitative estimate of drug-likeness (QED) is 0.831. The van der Waals surface area contributed by atoms with Crippen molar-refractivity contribution < 1.29 is 9.13 Å². The minimum Gasteiger partial charge on any atom is -0.377 e. The van der Waals surface area contributed by atoms with Crippen molar-refractivity contribution in [2.24, 2.45) is 0 Å². The first-order valence-electron chi connectivity index (χ1n) is 5.45. The van der Waals surface area contributed by atoms with Crippen molar-refractivity contribution in [1.29, 1.82) is 5.26 Å². The summed E-state index contributed by atoms with van der Waals surface area (Å²) in [6.45, 7) is 4.15. The Kier molecular flexibility index (Phi) is 3.01. The highest BCUT2D eigenvalue weighted by molar-refractivity contribution is 5.81. The molecule has 0 aliphatic heterocycles. The molecule has 0 radical (unpaired) electrons. The van der Waals surface area contributed by atoms with E-state index in [-0.39, 0.29) is 5.56 Å². The van der Waals surface area contributed by atoms with Gasteiger partial charge in [-0.15, -0.1) is 5.10 Å². The minimum absolute atomic E-state index is 0.0376. The fourth-order valence-electron chi connectivity index (χ4n) is 1.69. The second kappa shape index (κ2) is 4.35. The molecule has 6 heteroatoms. The number of nitriles is 1. The molecular weight excluding hydrogens is 235 g/mol. The summed E-state index contributed by atoms with van der Waals surface area (Å²) in [7, 11) is 1.59. The number of rotatable bonds is 3. The van der Waals surface area contributed by atoms with E-state index in [0.29, 0.717) is 17.6 Å². The molecule has 0 aliphatic rings. The molecule has 0 saturated heterocycles. The van der Waals surface area contributed by atoms with E-state index in [0.717, 1.165) is 0 Å². The van der Waals surface area contributed by atoms with Gasteiger partial charge in [-0.3, -0.25) is 0 Å². The van der Waals surface area contributed by atoms with Crippen LogP contribution in [0.3, 0.4) is 0 Å². The Morgan fingerprint density at radius 1 is 1.50 bits per heavy atom. The smallest absolute Gasteiger partial charge is 0.143 e. The van der Waals surface area contributed by atoms with E-state index in [9.17, 15) is 4.39 Å². The van der Waals surface area contributed by atoms with Gasteiger partial charge >= 0.3 is 0 Å². The Balaban J connectivity index is 2.60. The fourth-order valence-corrected chi connectivity index (χ4v) is 1.69. The van der Waals surface area contributed by atoms with Crippen molar-refractivity contribution in [2.45, 2.75) is 26.0 Å². The number of hydrogen-bond donors (Lipinski definition) is 0. The second-order valence-electron chi connectivity index (χ2n) is 4.61. The van der Waals surface area contributed by atoms with Crippen LogP contribution in [0.2, 0.25) is 0 Å². The van der Waals surface area contributed by atoms with Gasteiger partial charge in [0.2, 0.25) is 0 Å².